The van der Waals surface area contributed by atoms with Crippen LogP contribution in [0.3, 0.4) is 0 Å². The van der Waals surface area contributed by atoms with Gasteiger partial charge < -0.3 is 19.3 Å². The first-order valence-corrected chi connectivity index (χ1v) is 7.20. The number of nitrogens with one attached hydrogen (secondary N) is 1. The smallest absolute Gasteiger partial charge is 0.316 e. The van der Waals surface area contributed by atoms with Crippen LogP contribution in [-0.4, -0.2) is 27.8 Å². The number of hydrogen-bond donors (Lipinski definition) is 1. The van der Waals surface area contributed by atoms with E-state index in [4.69, 9.17) is 14.0 Å². The summed E-state index contributed by atoms with van der Waals surface area (Å²) < 4.78 is 15.6. The Kier molecular flexibility index (Phi) is 3.54. The fraction of sp³-hybridized carbons (Fsp3) is 0.125. The standard InChI is InChI=1S/C16H12N4O4/c21-15(18-8-10-2-1-5-17-7-10)16-19-14(20-24-16)11-3-4-12-13(6-11)23-9-22-12/h1-7H,8-9H2,(H,18,21). The maximum Gasteiger partial charge on any atom is 0.316 e. The molecule has 3 heterocycles. The highest BCUT2D eigenvalue weighted by Crippen LogP contribution is 2.35. The highest BCUT2D eigenvalue weighted by atomic mass is 16.7. The molecule has 1 aromatic carbocycles. The van der Waals surface area contributed by atoms with Crippen LogP contribution >= 0.6 is 0 Å². The van der Waals surface area contributed by atoms with Crippen LogP contribution in [0.2, 0.25) is 0 Å². The van der Waals surface area contributed by atoms with E-state index in [1.807, 2.05) is 6.07 Å². The van der Waals surface area contributed by atoms with Crippen molar-refractivity contribution in [2.24, 2.45) is 0 Å². The van der Waals surface area contributed by atoms with Crippen LogP contribution < -0.4 is 14.8 Å². The molecule has 0 saturated heterocycles. The van der Waals surface area contributed by atoms with E-state index in [1.54, 1.807) is 36.7 Å². The van der Waals surface area contributed by atoms with E-state index in [9.17, 15) is 4.79 Å². The van der Waals surface area contributed by atoms with Crippen molar-refractivity contribution in [3.63, 3.8) is 0 Å². The largest absolute Gasteiger partial charge is 0.454 e. The number of carbonyl (C=O) groups excluding carboxylic acids is 1. The van der Waals surface area contributed by atoms with Crippen LogP contribution in [0.1, 0.15) is 16.2 Å². The van der Waals surface area contributed by atoms with Crippen molar-refractivity contribution in [3.8, 4) is 22.9 Å². The van der Waals surface area contributed by atoms with Crippen LogP contribution in [-0.2, 0) is 6.54 Å². The van der Waals surface area contributed by atoms with Gasteiger partial charge in [0.15, 0.2) is 11.5 Å². The Bertz CT molecular complexity index is 879. The first kappa shape index (κ1) is 14.2. The molecule has 0 spiro atoms. The molecule has 0 unspecified atom stereocenters. The normalized spacial score (nSPS) is 12.2. The zero-order valence-corrected chi connectivity index (χ0v) is 12.4. The second kappa shape index (κ2) is 5.99. The monoisotopic (exact) mass is 324 g/mol. The lowest BCUT2D eigenvalue weighted by Crippen LogP contribution is -2.23. The van der Waals surface area contributed by atoms with E-state index in [0.717, 1.165) is 5.56 Å². The van der Waals surface area contributed by atoms with Crippen LogP contribution in [0.25, 0.3) is 11.4 Å². The summed E-state index contributed by atoms with van der Waals surface area (Å²) in [5.74, 6) is 1.03. The van der Waals surface area contributed by atoms with Crippen molar-refractivity contribution in [1.82, 2.24) is 20.4 Å². The number of hydrogen-bond acceptors (Lipinski definition) is 7. The molecule has 1 amide bonds. The summed E-state index contributed by atoms with van der Waals surface area (Å²) in [5, 5.41) is 6.53. The summed E-state index contributed by atoms with van der Waals surface area (Å²) in [5.41, 5.74) is 1.55. The summed E-state index contributed by atoms with van der Waals surface area (Å²) in [6, 6.07) is 8.93. The van der Waals surface area contributed by atoms with Crippen molar-refractivity contribution >= 4 is 5.91 Å². The van der Waals surface area contributed by atoms with Gasteiger partial charge in [-0.2, -0.15) is 4.98 Å². The van der Waals surface area contributed by atoms with Gasteiger partial charge in [-0.15, -0.1) is 0 Å². The van der Waals surface area contributed by atoms with Crippen molar-refractivity contribution in [2.45, 2.75) is 6.54 Å². The van der Waals surface area contributed by atoms with Crippen molar-refractivity contribution < 1.29 is 18.8 Å². The molecule has 1 aliphatic heterocycles. The van der Waals surface area contributed by atoms with E-state index in [-0.39, 0.29) is 12.7 Å². The van der Waals surface area contributed by atoms with Gasteiger partial charge in [0.05, 0.1) is 0 Å². The minimum Gasteiger partial charge on any atom is -0.454 e. The summed E-state index contributed by atoms with van der Waals surface area (Å²) in [6.45, 7) is 0.515. The molecule has 8 nitrogen and oxygen atoms in total. The number of amides is 1. The van der Waals surface area contributed by atoms with Crippen LogP contribution in [0.5, 0.6) is 11.5 Å². The molecule has 0 fully saturated rings. The molecule has 8 heteroatoms. The third-order valence-electron chi connectivity index (χ3n) is 3.43. The third kappa shape index (κ3) is 2.76. The molecule has 2 aromatic heterocycles. The van der Waals surface area contributed by atoms with Gasteiger partial charge in [-0.3, -0.25) is 9.78 Å². The summed E-state index contributed by atoms with van der Waals surface area (Å²) >= 11 is 0. The van der Waals surface area contributed by atoms with Gasteiger partial charge >= 0.3 is 11.8 Å². The Morgan fingerprint density at radius 1 is 1.21 bits per heavy atom. The highest BCUT2D eigenvalue weighted by Gasteiger charge is 2.19. The maximum absolute atomic E-state index is 12.1. The van der Waals surface area contributed by atoms with Gasteiger partial charge in [-0.1, -0.05) is 11.2 Å². The molecule has 0 atom stereocenters. The Morgan fingerprint density at radius 3 is 3.00 bits per heavy atom. The van der Waals surface area contributed by atoms with Gasteiger partial charge in [0.1, 0.15) is 0 Å². The Balaban J connectivity index is 1.47. The molecular weight excluding hydrogens is 312 g/mol. The molecule has 0 bridgehead atoms. The number of nitrogens with zero attached hydrogens (tertiary/aromatic N) is 3. The maximum atomic E-state index is 12.1. The summed E-state index contributed by atoms with van der Waals surface area (Å²) in [4.78, 5) is 20.2. The molecule has 0 saturated carbocycles. The minimum absolute atomic E-state index is 0.105. The first-order valence-electron chi connectivity index (χ1n) is 7.20. The number of rotatable bonds is 4. The molecular formula is C16H12N4O4. The van der Waals surface area contributed by atoms with Crippen molar-refractivity contribution in [2.75, 3.05) is 6.79 Å². The van der Waals surface area contributed by atoms with Crippen LogP contribution in [0, 0.1) is 0 Å². The molecule has 1 N–H and O–H groups in total. The van der Waals surface area contributed by atoms with Crippen LogP contribution in [0.4, 0.5) is 0 Å². The van der Waals surface area contributed by atoms with E-state index in [1.165, 1.54) is 0 Å². The molecule has 3 aromatic rings. The molecule has 1 aliphatic rings. The van der Waals surface area contributed by atoms with Crippen molar-refractivity contribution in [3.05, 3.63) is 54.2 Å². The van der Waals surface area contributed by atoms with E-state index in [2.05, 4.69) is 20.4 Å². The number of pyridine rings is 1. The van der Waals surface area contributed by atoms with Gasteiger partial charge in [0.25, 0.3) is 0 Å². The van der Waals surface area contributed by atoms with Crippen molar-refractivity contribution in [1.29, 1.82) is 0 Å². The number of carbonyl (C=O) groups is 1. The van der Waals surface area contributed by atoms with E-state index < -0.39 is 5.91 Å². The van der Waals surface area contributed by atoms with Gasteiger partial charge in [-0.05, 0) is 29.8 Å². The summed E-state index contributed by atoms with van der Waals surface area (Å²) in [7, 11) is 0. The molecule has 0 aliphatic carbocycles. The van der Waals surface area contributed by atoms with E-state index in [0.29, 0.717) is 29.4 Å². The fourth-order valence-electron chi connectivity index (χ4n) is 2.23. The minimum atomic E-state index is -0.446. The third-order valence-corrected chi connectivity index (χ3v) is 3.43. The second-order valence-electron chi connectivity index (χ2n) is 5.04. The lowest BCUT2D eigenvalue weighted by Gasteiger charge is -2.01. The average Bonchev–Trinajstić information content (AvgIpc) is 3.29. The quantitative estimate of drug-likeness (QED) is 0.781. The van der Waals surface area contributed by atoms with Gasteiger partial charge in [-0.25, -0.2) is 0 Å². The van der Waals surface area contributed by atoms with E-state index >= 15 is 0 Å². The Morgan fingerprint density at radius 2 is 2.12 bits per heavy atom. The Labute approximate surface area is 136 Å². The molecule has 4 rings (SSSR count). The first-order chi connectivity index (χ1) is 11.8. The average molecular weight is 324 g/mol. The molecule has 24 heavy (non-hydrogen) atoms. The number of fused-ring (bicyclic) bond motifs is 1. The topological polar surface area (TPSA) is 99.4 Å². The molecule has 0 radical (unpaired) electrons. The number of ether oxygens (including phenoxy) is 2. The lowest BCUT2D eigenvalue weighted by atomic mass is 10.2. The second-order valence-corrected chi connectivity index (χ2v) is 5.04. The zero-order valence-electron chi connectivity index (χ0n) is 12.4. The Hall–Kier alpha value is -3.42. The predicted molar refractivity (Wildman–Crippen MR) is 81.3 cm³/mol. The van der Waals surface area contributed by atoms with Gasteiger partial charge in [0, 0.05) is 24.5 Å². The number of aromatic nitrogens is 3. The van der Waals surface area contributed by atoms with Crippen LogP contribution in [0.15, 0.2) is 47.2 Å². The molecule has 120 valence electrons. The number of benzene rings is 1. The fourth-order valence-corrected chi connectivity index (χ4v) is 2.23. The SMILES string of the molecule is O=C(NCc1cccnc1)c1nc(-c2ccc3c(c2)OCO3)no1. The highest BCUT2D eigenvalue weighted by molar-refractivity contribution is 5.89. The zero-order chi connectivity index (χ0) is 16.4. The summed E-state index contributed by atoms with van der Waals surface area (Å²) in [6.07, 6.45) is 3.34. The lowest BCUT2D eigenvalue weighted by molar-refractivity contribution is 0.0907. The van der Waals surface area contributed by atoms with Gasteiger partial charge in [0.2, 0.25) is 12.6 Å². The predicted octanol–water partition coefficient (Wildman–Crippen LogP) is 1.79.